The van der Waals surface area contributed by atoms with E-state index in [9.17, 15) is 0 Å². The number of rotatable bonds is 6. The molecule has 8 rings (SSSR count). The Labute approximate surface area is 268 Å². The molecule has 2 nitrogen and oxygen atoms in total. The van der Waals surface area contributed by atoms with Crippen molar-refractivity contribution in [1.29, 1.82) is 0 Å². The van der Waals surface area contributed by atoms with E-state index in [1.165, 1.54) is 54.1 Å². The first-order chi connectivity index (χ1) is 22.1. The Kier molecular flexibility index (Phi) is 7.50. The first-order valence-corrected chi connectivity index (χ1v) is 18.3. The molecule has 6 aromatic rings. The van der Waals surface area contributed by atoms with Crippen LogP contribution in [0.2, 0.25) is 0 Å². The van der Waals surface area contributed by atoms with Gasteiger partial charge in [-0.3, -0.25) is 0 Å². The second kappa shape index (κ2) is 11.9. The lowest BCUT2D eigenvalue weighted by atomic mass is 9.83. The lowest BCUT2D eigenvalue weighted by Crippen LogP contribution is -2.40. The third kappa shape index (κ3) is 5.27. The summed E-state index contributed by atoms with van der Waals surface area (Å²) in [7, 11) is -1.65. The van der Waals surface area contributed by atoms with Gasteiger partial charge in [0.25, 0.3) is 0 Å². The van der Waals surface area contributed by atoms with E-state index in [4.69, 9.17) is 9.47 Å². The van der Waals surface area contributed by atoms with Crippen molar-refractivity contribution < 1.29 is 9.47 Å². The Bertz CT molecular complexity index is 1740. The molecule has 4 heteroatoms. The molecular formula is C41H34O2P2. The number of benzene rings is 6. The highest BCUT2D eigenvalue weighted by Gasteiger charge is 2.41. The minimum atomic E-state index is -0.824. The standard InChI is InChI=1S/C41H34O2P2/c1-28-23-35-34-27-39(42-40(35)37(25-28)44(30-15-7-3-8-16-30)31-17-9-4-10-18-31)43-41-36(34)24-29(2)26-38(41)45(32-19-11-5-12-20-32)33-21-13-6-14-22-33/h3-26,34,39H,27H2,1-2H3/t34-,39+. The number of aryl methyl sites for hydroxylation is 2. The summed E-state index contributed by atoms with van der Waals surface area (Å²) < 4.78 is 13.9. The van der Waals surface area contributed by atoms with Gasteiger partial charge >= 0.3 is 0 Å². The predicted molar refractivity (Wildman–Crippen MR) is 191 cm³/mol. The van der Waals surface area contributed by atoms with Gasteiger partial charge in [0, 0.05) is 34.1 Å². The molecule has 2 aliphatic heterocycles. The molecule has 45 heavy (non-hydrogen) atoms. The van der Waals surface area contributed by atoms with E-state index in [0.29, 0.717) is 0 Å². The molecule has 2 heterocycles. The van der Waals surface area contributed by atoms with Gasteiger partial charge in [-0.25, -0.2) is 0 Å². The monoisotopic (exact) mass is 620 g/mol. The normalized spacial score (nSPS) is 16.4. The van der Waals surface area contributed by atoms with E-state index in [1.807, 2.05) is 0 Å². The van der Waals surface area contributed by atoms with Crippen LogP contribution < -0.4 is 41.3 Å². The molecule has 0 radical (unpaired) electrons. The molecule has 220 valence electrons. The van der Waals surface area contributed by atoms with Crippen molar-refractivity contribution in [2.75, 3.05) is 0 Å². The smallest absolute Gasteiger partial charge is 0.242 e. The Morgan fingerprint density at radius 2 is 0.800 bits per heavy atom. The van der Waals surface area contributed by atoms with Gasteiger partial charge in [0.1, 0.15) is 11.5 Å². The Balaban J connectivity index is 1.32. The summed E-state index contributed by atoms with van der Waals surface area (Å²) in [6, 6.07) is 53.0. The quantitative estimate of drug-likeness (QED) is 0.180. The second-order valence-electron chi connectivity index (χ2n) is 11.9. The van der Waals surface area contributed by atoms with Gasteiger partial charge in [0.05, 0.1) is 0 Å². The number of fused-ring (bicyclic) bond motifs is 6. The van der Waals surface area contributed by atoms with Crippen LogP contribution in [0.5, 0.6) is 11.5 Å². The second-order valence-corrected chi connectivity index (χ2v) is 16.2. The van der Waals surface area contributed by atoms with Crippen LogP contribution in [-0.4, -0.2) is 6.29 Å². The summed E-state index contributed by atoms with van der Waals surface area (Å²) in [4.78, 5) is 0. The summed E-state index contributed by atoms with van der Waals surface area (Å²) in [5.41, 5.74) is 5.10. The van der Waals surface area contributed by atoms with Crippen LogP contribution in [0.15, 0.2) is 146 Å². The van der Waals surface area contributed by atoms with E-state index in [2.05, 4.69) is 159 Å². The zero-order chi connectivity index (χ0) is 30.3. The van der Waals surface area contributed by atoms with Gasteiger partial charge in [-0.05, 0) is 74.2 Å². The van der Waals surface area contributed by atoms with Crippen LogP contribution in [-0.2, 0) is 0 Å². The van der Waals surface area contributed by atoms with Crippen LogP contribution in [0.25, 0.3) is 0 Å². The topological polar surface area (TPSA) is 18.5 Å². The van der Waals surface area contributed by atoms with Crippen LogP contribution in [0, 0.1) is 13.8 Å². The SMILES string of the molecule is Cc1cc(P(c2ccccc2)c2ccccc2)c2c(c1)[C@H]1C[C@@H](O2)Oc2c(P(c3ccccc3)c3ccccc3)cc(C)cc21. The van der Waals surface area contributed by atoms with Crippen LogP contribution in [0.1, 0.15) is 34.6 Å². The highest BCUT2D eigenvalue weighted by atomic mass is 31.1. The molecule has 0 saturated carbocycles. The van der Waals surface area contributed by atoms with Gasteiger partial charge in [-0.1, -0.05) is 133 Å². The fourth-order valence-corrected chi connectivity index (χ4v) is 11.9. The van der Waals surface area contributed by atoms with E-state index >= 15 is 0 Å². The van der Waals surface area contributed by atoms with Gasteiger partial charge in [0.2, 0.25) is 6.29 Å². The van der Waals surface area contributed by atoms with E-state index in [1.54, 1.807) is 0 Å². The van der Waals surface area contributed by atoms with E-state index < -0.39 is 15.8 Å². The summed E-state index contributed by atoms with van der Waals surface area (Å²) in [6.45, 7) is 4.46. The average Bonchev–Trinajstić information content (AvgIpc) is 3.08. The summed E-state index contributed by atoms with van der Waals surface area (Å²) in [6.07, 6.45) is 0.472. The molecule has 0 saturated heterocycles. The molecule has 0 spiro atoms. The van der Waals surface area contributed by atoms with E-state index in [0.717, 1.165) is 17.9 Å². The molecule has 0 atom stereocenters. The lowest BCUT2D eigenvalue weighted by molar-refractivity contribution is -0.0247. The highest BCUT2D eigenvalue weighted by Crippen LogP contribution is 2.52. The zero-order valence-electron chi connectivity index (χ0n) is 25.4. The molecule has 0 unspecified atom stereocenters. The summed E-state index contributed by atoms with van der Waals surface area (Å²) in [5.74, 6) is 2.21. The first kappa shape index (κ1) is 28.3. The Hall–Kier alpha value is -4.22. The van der Waals surface area contributed by atoms with Crippen molar-refractivity contribution in [2.45, 2.75) is 32.5 Å². The van der Waals surface area contributed by atoms with Gasteiger partial charge in [0.15, 0.2) is 0 Å². The molecular weight excluding hydrogens is 586 g/mol. The fourth-order valence-electron chi connectivity index (χ4n) is 6.83. The molecule has 0 amide bonds. The fraction of sp³-hybridized carbons (Fsp3) is 0.122. The number of hydrogen-bond acceptors (Lipinski definition) is 2. The van der Waals surface area contributed by atoms with Gasteiger partial charge < -0.3 is 9.47 Å². The van der Waals surface area contributed by atoms with Crippen molar-refractivity contribution in [3.8, 4) is 11.5 Å². The van der Waals surface area contributed by atoms with Crippen LogP contribution in [0.4, 0.5) is 0 Å². The van der Waals surface area contributed by atoms with Crippen molar-refractivity contribution in [3.63, 3.8) is 0 Å². The first-order valence-electron chi connectivity index (χ1n) is 15.6. The summed E-state index contributed by atoms with van der Waals surface area (Å²) in [5, 5.41) is 7.82. The minimum absolute atomic E-state index is 0.201. The largest absolute Gasteiger partial charge is 0.454 e. The van der Waals surface area contributed by atoms with Crippen molar-refractivity contribution in [2.24, 2.45) is 0 Å². The molecule has 2 aliphatic rings. The van der Waals surface area contributed by atoms with Crippen molar-refractivity contribution in [1.82, 2.24) is 0 Å². The molecule has 0 N–H and O–H groups in total. The lowest BCUT2D eigenvalue weighted by Gasteiger charge is -2.41. The number of ether oxygens (including phenoxy) is 2. The highest BCUT2D eigenvalue weighted by molar-refractivity contribution is 7.80. The molecule has 0 aromatic heterocycles. The van der Waals surface area contributed by atoms with Crippen LogP contribution >= 0.6 is 15.8 Å². The zero-order valence-corrected chi connectivity index (χ0v) is 27.2. The van der Waals surface area contributed by atoms with Gasteiger partial charge in [-0.2, -0.15) is 0 Å². The maximum absolute atomic E-state index is 6.95. The Morgan fingerprint density at radius 1 is 0.467 bits per heavy atom. The third-order valence-corrected chi connectivity index (χ3v) is 13.6. The summed E-state index contributed by atoms with van der Waals surface area (Å²) >= 11 is 0. The van der Waals surface area contributed by atoms with E-state index in [-0.39, 0.29) is 12.2 Å². The van der Waals surface area contributed by atoms with Gasteiger partial charge in [-0.15, -0.1) is 0 Å². The molecule has 0 aliphatic carbocycles. The average molecular weight is 621 g/mol. The molecule has 6 aromatic carbocycles. The molecule has 0 fully saturated rings. The van der Waals surface area contributed by atoms with Crippen molar-refractivity contribution >= 4 is 47.7 Å². The predicted octanol–water partition coefficient (Wildman–Crippen LogP) is 7.45. The minimum Gasteiger partial charge on any atom is -0.454 e. The third-order valence-electron chi connectivity index (χ3n) is 8.70. The number of hydrogen-bond donors (Lipinski definition) is 0. The Morgan fingerprint density at radius 3 is 1.13 bits per heavy atom. The maximum Gasteiger partial charge on any atom is 0.242 e. The van der Waals surface area contributed by atoms with Crippen LogP contribution in [0.3, 0.4) is 0 Å². The molecule has 2 bridgehead atoms. The van der Waals surface area contributed by atoms with Crippen molar-refractivity contribution in [3.05, 3.63) is 168 Å². The maximum atomic E-state index is 6.95.